The zero-order valence-electron chi connectivity index (χ0n) is 9.24. The molecule has 0 aliphatic carbocycles. The quantitative estimate of drug-likeness (QED) is 0.690. The number of nitrogens with zero attached hydrogens (tertiary/aromatic N) is 1. The first-order valence-corrected chi connectivity index (χ1v) is 5.87. The molecule has 3 rings (SSSR count). The fraction of sp³-hybridized carbons (Fsp3) is 0.538. The van der Waals surface area contributed by atoms with Gasteiger partial charge in [-0.3, -0.25) is 0 Å². The number of hydrogen-bond donors (Lipinski definition) is 1. The van der Waals surface area contributed by atoms with Crippen molar-refractivity contribution in [2.24, 2.45) is 5.92 Å². The Morgan fingerprint density at radius 2 is 2.13 bits per heavy atom. The summed E-state index contributed by atoms with van der Waals surface area (Å²) in [4.78, 5) is 2.41. The van der Waals surface area contributed by atoms with Crippen molar-refractivity contribution in [3.05, 3.63) is 29.8 Å². The zero-order valence-corrected chi connectivity index (χ0v) is 9.24. The molecule has 1 aromatic rings. The van der Waals surface area contributed by atoms with Gasteiger partial charge in [-0.05, 0) is 30.5 Å². The first-order chi connectivity index (χ1) is 7.36. The smallest absolute Gasteiger partial charge is 0.0399 e. The normalized spacial score (nSPS) is 29.5. The van der Waals surface area contributed by atoms with Gasteiger partial charge in [0.2, 0.25) is 0 Å². The van der Waals surface area contributed by atoms with Crippen molar-refractivity contribution in [1.29, 1.82) is 0 Å². The van der Waals surface area contributed by atoms with Crippen LogP contribution < -0.4 is 10.2 Å². The molecule has 1 aromatic carbocycles. The van der Waals surface area contributed by atoms with Gasteiger partial charge in [0, 0.05) is 31.7 Å². The van der Waals surface area contributed by atoms with Crippen LogP contribution in [0.15, 0.2) is 24.3 Å². The first kappa shape index (κ1) is 9.22. The van der Waals surface area contributed by atoms with Gasteiger partial charge in [0.15, 0.2) is 0 Å². The van der Waals surface area contributed by atoms with Crippen molar-refractivity contribution in [2.75, 3.05) is 31.6 Å². The maximum atomic E-state index is 3.53. The molecule has 2 heteroatoms. The van der Waals surface area contributed by atoms with Crippen LogP contribution in [-0.2, 0) is 0 Å². The molecule has 0 radical (unpaired) electrons. The van der Waals surface area contributed by atoms with Crippen molar-refractivity contribution in [3.8, 4) is 0 Å². The van der Waals surface area contributed by atoms with Crippen LogP contribution >= 0.6 is 0 Å². The van der Waals surface area contributed by atoms with Crippen LogP contribution in [0.3, 0.4) is 0 Å². The van der Waals surface area contributed by atoms with Crippen molar-refractivity contribution in [3.63, 3.8) is 0 Å². The number of benzene rings is 1. The van der Waals surface area contributed by atoms with Crippen LogP contribution in [0.2, 0.25) is 0 Å². The van der Waals surface area contributed by atoms with Crippen LogP contribution in [0.25, 0.3) is 0 Å². The summed E-state index contributed by atoms with van der Waals surface area (Å²) in [5.41, 5.74) is 2.99. The van der Waals surface area contributed by atoms with Crippen LogP contribution in [0, 0.1) is 5.92 Å². The van der Waals surface area contributed by atoms with E-state index in [1.54, 1.807) is 5.56 Å². The number of anilines is 1. The summed E-state index contributed by atoms with van der Waals surface area (Å²) < 4.78 is 0. The molecule has 2 heterocycles. The van der Waals surface area contributed by atoms with E-state index in [2.05, 4.69) is 41.5 Å². The van der Waals surface area contributed by atoms with Crippen molar-refractivity contribution in [1.82, 2.24) is 5.32 Å². The van der Waals surface area contributed by atoms with Gasteiger partial charge in [-0.2, -0.15) is 0 Å². The topological polar surface area (TPSA) is 15.3 Å². The molecule has 0 spiro atoms. The van der Waals surface area contributed by atoms with Gasteiger partial charge in [-0.15, -0.1) is 0 Å². The third kappa shape index (κ3) is 1.44. The first-order valence-electron chi connectivity index (χ1n) is 5.87. The minimum absolute atomic E-state index is 0.742. The lowest BCUT2D eigenvalue weighted by atomic mass is 9.87. The van der Waals surface area contributed by atoms with Gasteiger partial charge in [-0.25, -0.2) is 0 Å². The lowest BCUT2D eigenvalue weighted by Crippen LogP contribution is -2.20. The second kappa shape index (κ2) is 3.53. The molecule has 80 valence electrons. The predicted octanol–water partition coefficient (Wildman–Crippen LogP) is 1.83. The second-order valence-electron chi connectivity index (χ2n) is 4.79. The molecule has 1 N–H and O–H groups in total. The van der Waals surface area contributed by atoms with Crippen LogP contribution in [0.5, 0.6) is 0 Å². The van der Waals surface area contributed by atoms with Crippen molar-refractivity contribution < 1.29 is 0 Å². The monoisotopic (exact) mass is 202 g/mol. The standard InChI is InChI=1S/C13H18N2/c1-15-7-6-10-8-14-9-12(10)11-4-2-3-5-13(11)15/h2-5,10,12,14H,6-9H2,1H3/t10-,12-/m1/s1. The minimum atomic E-state index is 0.742. The average Bonchev–Trinajstić information content (AvgIpc) is 2.69. The fourth-order valence-electron chi connectivity index (χ4n) is 3.03. The predicted molar refractivity (Wildman–Crippen MR) is 63.4 cm³/mol. The highest BCUT2D eigenvalue weighted by atomic mass is 15.1. The Bertz CT molecular complexity index is 361. The van der Waals surface area contributed by atoms with Gasteiger partial charge in [0.1, 0.15) is 0 Å². The summed E-state index contributed by atoms with van der Waals surface area (Å²) in [6.07, 6.45) is 1.32. The number of para-hydroxylation sites is 1. The summed E-state index contributed by atoms with van der Waals surface area (Å²) in [5, 5.41) is 3.53. The van der Waals surface area contributed by atoms with Crippen LogP contribution in [0.4, 0.5) is 5.69 Å². The molecule has 0 bridgehead atoms. The molecule has 0 unspecified atom stereocenters. The summed E-state index contributed by atoms with van der Waals surface area (Å²) in [5.74, 6) is 1.59. The summed E-state index contributed by atoms with van der Waals surface area (Å²) in [6, 6.07) is 8.89. The zero-order chi connectivity index (χ0) is 10.3. The maximum absolute atomic E-state index is 3.53. The van der Waals surface area contributed by atoms with Crippen molar-refractivity contribution in [2.45, 2.75) is 12.3 Å². The average molecular weight is 202 g/mol. The molecular formula is C13H18N2. The fourth-order valence-corrected chi connectivity index (χ4v) is 3.03. The van der Waals surface area contributed by atoms with Crippen molar-refractivity contribution >= 4 is 5.69 Å². The van der Waals surface area contributed by atoms with E-state index in [1.807, 2.05) is 0 Å². The summed E-state index contributed by atoms with van der Waals surface area (Å²) >= 11 is 0. The van der Waals surface area contributed by atoms with E-state index in [4.69, 9.17) is 0 Å². The lowest BCUT2D eigenvalue weighted by molar-refractivity contribution is 0.496. The van der Waals surface area contributed by atoms with Crippen LogP contribution in [-0.4, -0.2) is 26.7 Å². The number of fused-ring (bicyclic) bond motifs is 3. The van der Waals surface area contributed by atoms with Gasteiger partial charge in [0.05, 0.1) is 0 Å². The SMILES string of the molecule is CN1CC[C@@H]2CNC[C@H]2c2ccccc21. The Balaban J connectivity index is 2.07. The Hall–Kier alpha value is -1.02. The third-order valence-electron chi connectivity index (χ3n) is 3.92. The molecule has 1 fully saturated rings. The molecule has 0 aromatic heterocycles. The molecule has 2 atom stereocenters. The van der Waals surface area contributed by atoms with E-state index in [0.717, 1.165) is 18.4 Å². The van der Waals surface area contributed by atoms with E-state index in [9.17, 15) is 0 Å². The van der Waals surface area contributed by atoms with E-state index in [-0.39, 0.29) is 0 Å². The Morgan fingerprint density at radius 3 is 3.07 bits per heavy atom. The van der Waals surface area contributed by atoms with E-state index in [1.165, 1.54) is 25.2 Å². The molecule has 2 aliphatic rings. The Labute approximate surface area is 91.3 Å². The molecular weight excluding hydrogens is 184 g/mol. The summed E-state index contributed by atoms with van der Waals surface area (Å²) in [6.45, 7) is 3.56. The van der Waals surface area contributed by atoms with E-state index < -0.39 is 0 Å². The van der Waals surface area contributed by atoms with E-state index >= 15 is 0 Å². The van der Waals surface area contributed by atoms with E-state index in [0.29, 0.717) is 0 Å². The lowest BCUT2D eigenvalue weighted by Gasteiger charge is -2.20. The molecule has 2 aliphatic heterocycles. The Kier molecular flexibility index (Phi) is 2.17. The number of rotatable bonds is 0. The second-order valence-corrected chi connectivity index (χ2v) is 4.79. The summed E-state index contributed by atoms with van der Waals surface area (Å²) in [7, 11) is 2.22. The van der Waals surface area contributed by atoms with Gasteiger partial charge in [-0.1, -0.05) is 18.2 Å². The molecule has 15 heavy (non-hydrogen) atoms. The Morgan fingerprint density at radius 1 is 1.27 bits per heavy atom. The molecule has 0 amide bonds. The maximum Gasteiger partial charge on any atom is 0.0399 e. The highest BCUT2D eigenvalue weighted by Crippen LogP contribution is 2.38. The minimum Gasteiger partial charge on any atom is -0.374 e. The molecule has 2 nitrogen and oxygen atoms in total. The number of hydrogen-bond acceptors (Lipinski definition) is 2. The third-order valence-corrected chi connectivity index (χ3v) is 3.92. The van der Waals surface area contributed by atoms with Crippen LogP contribution in [0.1, 0.15) is 17.9 Å². The molecule has 1 saturated heterocycles. The van der Waals surface area contributed by atoms with Gasteiger partial charge < -0.3 is 10.2 Å². The highest BCUT2D eigenvalue weighted by Gasteiger charge is 2.32. The van der Waals surface area contributed by atoms with Gasteiger partial charge in [0.25, 0.3) is 0 Å². The highest BCUT2D eigenvalue weighted by molar-refractivity contribution is 5.56. The largest absolute Gasteiger partial charge is 0.374 e. The van der Waals surface area contributed by atoms with Gasteiger partial charge >= 0.3 is 0 Å². The molecule has 0 saturated carbocycles. The number of nitrogens with one attached hydrogen (secondary N) is 1.